The van der Waals surface area contributed by atoms with Crippen LogP contribution in [0.25, 0.3) is 0 Å². The maximum atomic E-state index is 12.2. The lowest BCUT2D eigenvalue weighted by Crippen LogP contribution is -2.19. The Kier molecular flexibility index (Phi) is 4.95. The van der Waals surface area contributed by atoms with Crippen molar-refractivity contribution in [3.8, 4) is 5.75 Å². The van der Waals surface area contributed by atoms with Gasteiger partial charge in [-0.3, -0.25) is 9.59 Å². The Morgan fingerprint density at radius 1 is 1.04 bits per heavy atom. The SMILES string of the molecule is Cn1ccc(C(=O)Nc2ccc(OCc3ccccc3)cc2)cc1=O. The van der Waals surface area contributed by atoms with E-state index in [1.807, 2.05) is 30.3 Å². The minimum Gasteiger partial charge on any atom is -0.489 e. The first-order chi connectivity index (χ1) is 12.1. The zero-order valence-corrected chi connectivity index (χ0v) is 13.8. The Bertz CT molecular complexity index is 916. The largest absolute Gasteiger partial charge is 0.489 e. The number of carbonyl (C=O) groups is 1. The summed E-state index contributed by atoms with van der Waals surface area (Å²) in [5.74, 6) is 0.395. The zero-order valence-electron chi connectivity index (χ0n) is 13.8. The number of anilines is 1. The first kappa shape index (κ1) is 16.5. The topological polar surface area (TPSA) is 60.3 Å². The van der Waals surface area contributed by atoms with E-state index in [-0.39, 0.29) is 11.5 Å². The predicted octanol–water partition coefficient (Wildman–Crippen LogP) is 3.22. The highest BCUT2D eigenvalue weighted by Gasteiger charge is 2.07. The van der Waals surface area contributed by atoms with Crippen molar-refractivity contribution in [3.63, 3.8) is 0 Å². The van der Waals surface area contributed by atoms with E-state index in [1.165, 1.54) is 10.6 Å². The van der Waals surface area contributed by atoms with Gasteiger partial charge in [-0.1, -0.05) is 30.3 Å². The van der Waals surface area contributed by atoms with Crippen LogP contribution < -0.4 is 15.6 Å². The number of pyridine rings is 1. The number of carbonyl (C=O) groups excluding carboxylic acids is 1. The molecule has 0 bridgehead atoms. The molecule has 0 fully saturated rings. The molecule has 126 valence electrons. The number of benzene rings is 2. The van der Waals surface area contributed by atoms with Crippen LogP contribution in [-0.4, -0.2) is 10.5 Å². The summed E-state index contributed by atoms with van der Waals surface area (Å²) in [6.07, 6.45) is 1.57. The second-order valence-electron chi connectivity index (χ2n) is 5.62. The Balaban J connectivity index is 1.61. The van der Waals surface area contributed by atoms with Gasteiger partial charge in [0.25, 0.3) is 11.5 Å². The monoisotopic (exact) mass is 334 g/mol. The number of rotatable bonds is 5. The normalized spacial score (nSPS) is 10.3. The molecular formula is C20H18N2O3. The smallest absolute Gasteiger partial charge is 0.255 e. The molecular weight excluding hydrogens is 316 g/mol. The average Bonchev–Trinajstić information content (AvgIpc) is 2.64. The van der Waals surface area contributed by atoms with Gasteiger partial charge in [0, 0.05) is 30.6 Å². The molecule has 0 radical (unpaired) electrons. The van der Waals surface area contributed by atoms with Crippen molar-refractivity contribution in [2.24, 2.45) is 7.05 Å². The third-order valence-corrected chi connectivity index (χ3v) is 3.73. The van der Waals surface area contributed by atoms with Gasteiger partial charge >= 0.3 is 0 Å². The molecule has 1 aromatic heterocycles. The van der Waals surface area contributed by atoms with E-state index in [4.69, 9.17) is 4.74 Å². The van der Waals surface area contributed by atoms with E-state index in [1.54, 1.807) is 43.6 Å². The highest BCUT2D eigenvalue weighted by atomic mass is 16.5. The summed E-state index contributed by atoms with van der Waals surface area (Å²) >= 11 is 0. The first-order valence-electron chi connectivity index (χ1n) is 7.87. The van der Waals surface area contributed by atoms with Gasteiger partial charge in [0.15, 0.2) is 0 Å². The first-order valence-corrected chi connectivity index (χ1v) is 7.87. The van der Waals surface area contributed by atoms with Crippen molar-refractivity contribution in [2.45, 2.75) is 6.61 Å². The molecule has 0 unspecified atom stereocenters. The lowest BCUT2D eigenvalue weighted by Gasteiger charge is -2.09. The van der Waals surface area contributed by atoms with Crippen molar-refractivity contribution in [3.05, 3.63) is 94.4 Å². The number of hydrogen-bond donors (Lipinski definition) is 1. The third kappa shape index (κ3) is 4.35. The minimum atomic E-state index is -0.323. The number of nitrogens with one attached hydrogen (secondary N) is 1. The second-order valence-corrected chi connectivity index (χ2v) is 5.62. The molecule has 0 aliphatic heterocycles. The Morgan fingerprint density at radius 3 is 2.44 bits per heavy atom. The lowest BCUT2D eigenvalue weighted by molar-refractivity contribution is 0.102. The molecule has 5 heteroatoms. The fraction of sp³-hybridized carbons (Fsp3) is 0.100. The number of aryl methyl sites for hydroxylation is 1. The summed E-state index contributed by atoms with van der Waals surface area (Å²) in [6, 6.07) is 19.9. The van der Waals surface area contributed by atoms with E-state index >= 15 is 0 Å². The minimum absolute atomic E-state index is 0.225. The molecule has 1 N–H and O–H groups in total. The molecule has 0 saturated heterocycles. The standard InChI is InChI=1S/C20H18N2O3/c1-22-12-11-16(13-19(22)23)20(24)21-17-7-9-18(10-8-17)25-14-15-5-3-2-4-6-15/h2-13H,14H2,1H3,(H,21,24). The molecule has 3 rings (SSSR count). The fourth-order valence-electron chi connectivity index (χ4n) is 2.27. The van der Waals surface area contributed by atoms with E-state index in [0.717, 1.165) is 11.3 Å². The van der Waals surface area contributed by atoms with Crippen molar-refractivity contribution in [1.82, 2.24) is 4.57 Å². The summed E-state index contributed by atoms with van der Waals surface area (Å²) in [7, 11) is 1.64. The Morgan fingerprint density at radius 2 is 1.76 bits per heavy atom. The number of hydrogen-bond acceptors (Lipinski definition) is 3. The maximum Gasteiger partial charge on any atom is 0.255 e. The van der Waals surface area contributed by atoms with Gasteiger partial charge < -0.3 is 14.6 Å². The number of amides is 1. The second kappa shape index (κ2) is 7.49. The third-order valence-electron chi connectivity index (χ3n) is 3.73. The van der Waals surface area contributed by atoms with E-state index < -0.39 is 0 Å². The van der Waals surface area contributed by atoms with Crippen LogP contribution in [0.1, 0.15) is 15.9 Å². The molecule has 5 nitrogen and oxygen atoms in total. The molecule has 0 saturated carbocycles. The summed E-state index contributed by atoms with van der Waals surface area (Å²) < 4.78 is 7.12. The average molecular weight is 334 g/mol. The predicted molar refractivity (Wildman–Crippen MR) is 96.9 cm³/mol. The summed E-state index contributed by atoms with van der Waals surface area (Å²) in [5.41, 5.74) is 1.83. The molecule has 1 heterocycles. The van der Waals surface area contributed by atoms with E-state index in [0.29, 0.717) is 17.9 Å². The van der Waals surface area contributed by atoms with Gasteiger partial charge in [0.2, 0.25) is 0 Å². The molecule has 0 aliphatic carbocycles. The molecule has 2 aromatic carbocycles. The van der Waals surface area contributed by atoms with Gasteiger partial charge in [0.05, 0.1) is 0 Å². The quantitative estimate of drug-likeness (QED) is 0.779. The van der Waals surface area contributed by atoms with Crippen LogP contribution in [0.3, 0.4) is 0 Å². The summed E-state index contributed by atoms with van der Waals surface area (Å²) in [5, 5.41) is 2.76. The molecule has 1 amide bonds. The molecule has 3 aromatic rings. The number of nitrogens with zero attached hydrogens (tertiary/aromatic N) is 1. The van der Waals surface area contributed by atoms with E-state index in [9.17, 15) is 9.59 Å². The van der Waals surface area contributed by atoms with Crippen LogP contribution in [0.4, 0.5) is 5.69 Å². The van der Waals surface area contributed by atoms with Gasteiger partial charge in [-0.2, -0.15) is 0 Å². The molecule has 25 heavy (non-hydrogen) atoms. The highest BCUT2D eigenvalue weighted by molar-refractivity contribution is 6.04. The van der Waals surface area contributed by atoms with Gasteiger partial charge in [-0.15, -0.1) is 0 Å². The summed E-state index contributed by atoms with van der Waals surface area (Å²) in [4.78, 5) is 23.8. The van der Waals surface area contributed by atoms with E-state index in [2.05, 4.69) is 5.32 Å². The number of aromatic nitrogens is 1. The van der Waals surface area contributed by atoms with Crippen LogP contribution >= 0.6 is 0 Å². The van der Waals surface area contributed by atoms with Gasteiger partial charge in [0.1, 0.15) is 12.4 Å². The van der Waals surface area contributed by atoms with Crippen LogP contribution in [0, 0.1) is 0 Å². The Hall–Kier alpha value is -3.34. The van der Waals surface area contributed by atoms with Crippen molar-refractivity contribution in [1.29, 1.82) is 0 Å². The fourth-order valence-corrected chi connectivity index (χ4v) is 2.27. The molecule has 0 spiro atoms. The molecule has 0 aliphatic rings. The number of ether oxygens (including phenoxy) is 1. The lowest BCUT2D eigenvalue weighted by atomic mass is 10.2. The van der Waals surface area contributed by atoms with Gasteiger partial charge in [-0.05, 0) is 35.9 Å². The van der Waals surface area contributed by atoms with Crippen molar-refractivity contribution < 1.29 is 9.53 Å². The van der Waals surface area contributed by atoms with Crippen molar-refractivity contribution in [2.75, 3.05) is 5.32 Å². The summed E-state index contributed by atoms with van der Waals surface area (Å²) in [6.45, 7) is 0.486. The molecule has 0 atom stereocenters. The van der Waals surface area contributed by atoms with Crippen molar-refractivity contribution >= 4 is 11.6 Å². The van der Waals surface area contributed by atoms with Gasteiger partial charge in [-0.25, -0.2) is 0 Å². The van der Waals surface area contributed by atoms with Crippen LogP contribution in [0.2, 0.25) is 0 Å². The van der Waals surface area contributed by atoms with Crippen LogP contribution in [0.5, 0.6) is 5.75 Å². The highest BCUT2D eigenvalue weighted by Crippen LogP contribution is 2.17. The Labute approximate surface area is 145 Å². The maximum absolute atomic E-state index is 12.2. The zero-order chi connectivity index (χ0) is 17.6. The van der Waals surface area contributed by atoms with Crippen LogP contribution in [0.15, 0.2) is 77.7 Å². The van der Waals surface area contributed by atoms with Crippen LogP contribution in [-0.2, 0) is 13.7 Å².